The lowest BCUT2D eigenvalue weighted by Gasteiger charge is -2.20. The first-order valence-corrected chi connectivity index (χ1v) is 7.07. The molecule has 1 aromatic heterocycles. The van der Waals surface area contributed by atoms with E-state index in [4.69, 9.17) is 4.42 Å². The van der Waals surface area contributed by atoms with E-state index in [0.29, 0.717) is 16.3 Å². The number of carbonyl (C=O) groups excluding carboxylic acids is 1. The minimum Gasteiger partial charge on any atom is -0.453 e. The lowest BCUT2D eigenvalue weighted by atomic mass is 9.86. The Kier molecular flexibility index (Phi) is 4.00. The topological polar surface area (TPSA) is 73.3 Å². The van der Waals surface area contributed by atoms with Crippen molar-refractivity contribution >= 4 is 27.9 Å². The van der Waals surface area contributed by atoms with Crippen LogP contribution in [0.15, 0.2) is 33.2 Å². The summed E-state index contributed by atoms with van der Waals surface area (Å²) in [4.78, 5) is 21.6. The summed E-state index contributed by atoms with van der Waals surface area (Å²) in [6.45, 7) is 5.95. The number of nitrogens with zero attached hydrogens (tertiary/aromatic N) is 1. The van der Waals surface area contributed by atoms with Gasteiger partial charge in [-0.3, -0.25) is 14.9 Å². The van der Waals surface area contributed by atoms with Gasteiger partial charge in [0, 0.05) is 10.5 Å². The van der Waals surface area contributed by atoms with Crippen molar-refractivity contribution in [3.63, 3.8) is 0 Å². The molecule has 0 saturated heterocycles. The van der Waals surface area contributed by atoms with Gasteiger partial charge in [0.05, 0.1) is 4.92 Å². The Hall–Kier alpha value is -1.95. The summed E-state index contributed by atoms with van der Waals surface area (Å²) < 4.78 is 5.88. The number of nitro groups is 1. The molecule has 0 aliphatic carbocycles. The molecule has 21 heavy (non-hydrogen) atoms. The molecule has 0 aliphatic rings. The van der Waals surface area contributed by atoms with E-state index in [-0.39, 0.29) is 22.6 Å². The molecule has 0 radical (unpaired) electrons. The molecule has 0 unspecified atom stereocenters. The van der Waals surface area contributed by atoms with E-state index in [9.17, 15) is 14.9 Å². The van der Waals surface area contributed by atoms with E-state index in [1.807, 2.05) is 26.8 Å². The van der Waals surface area contributed by atoms with Gasteiger partial charge in [0.1, 0.15) is 11.3 Å². The molecule has 0 aliphatic heterocycles. The van der Waals surface area contributed by atoms with E-state index < -0.39 is 4.92 Å². The fourth-order valence-electron chi connectivity index (χ4n) is 1.96. The quantitative estimate of drug-likeness (QED) is 0.455. The van der Waals surface area contributed by atoms with Crippen LogP contribution in [0.4, 0.5) is 5.69 Å². The average Bonchev–Trinajstić information content (AvgIpc) is 2.84. The van der Waals surface area contributed by atoms with Crippen molar-refractivity contribution in [3.8, 4) is 11.3 Å². The second kappa shape index (κ2) is 5.44. The summed E-state index contributed by atoms with van der Waals surface area (Å²) in [5.41, 5.74) is 0.900. The van der Waals surface area contributed by atoms with E-state index >= 15 is 0 Å². The molecule has 2 aromatic rings. The third-order valence-electron chi connectivity index (χ3n) is 3.12. The average molecular weight is 352 g/mol. The fraction of sp³-hybridized carbons (Fsp3) is 0.267. The summed E-state index contributed by atoms with van der Waals surface area (Å²) in [7, 11) is 0. The van der Waals surface area contributed by atoms with E-state index in [2.05, 4.69) is 15.9 Å². The third-order valence-corrected chi connectivity index (χ3v) is 3.75. The maximum Gasteiger partial charge on any atom is 0.281 e. The van der Waals surface area contributed by atoms with Crippen LogP contribution >= 0.6 is 15.9 Å². The molecule has 0 atom stereocenters. The molecule has 6 heteroatoms. The van der Waals surface area contributed by atoms with Crippen molar-refractivity contribution in [1.29, 1.82) is 0 Å². The van der Waals surface area contributed by atoms with Crippen molar-refractivity contribution in [2.45, 2.75) is 26.2 Å². The zero-order valence-corrected chi connectivity index (χ0v) is 13.4. The van der Waals surface area contributed by atoms with Crippen LogP contribution in [0, 0.1) is 10.1 Å². The number of rotatable bonds is 3. The van der Waals surface area contributed by atoms with Gasteiger partial charge < -0.3 is 4.42 Å². The lowest BCUT2D eigenvalue weighted by Crippen LogP contribution is -2.12. The molecule has 0 amide bonds. The van der Waals surface area contributed by atoms with Gasteiger partial charge in [-0.2, -0.15) is 0 Å². The first-order valence-electron chi connectivity index (χ1n) is 6.28. The molecule has 0 saturated carbocycles. The Morgan fingerprint density at radius 1 is 1.29 bits per heavy atom. The maximum absolute atomic E-state index is 11.4. The number of hydrogen-bond acceptors (Lipinski definition) is 4. The monoisotopic (exact) mass is 351 g/mol. The summed E-state index contributed by atoms with van der Waals surface area (Å²) in [5.74, 6) is 0.419. The van der Waals surface area contributed by atoms with Crippen LogP contribution in [0.2, 0.25) is 0 Å². The first-order chi connectivity index (χ1) is 9.74. The van der Waals surface area contributed by atoms with Crippen LogP contribution in [0.5, 0.6) is 0 Å². The zero-order valence-electron chi connectivity index (χ0n) is 11.8. The Bertz CT molecular complexity index is 713. The van der Waals surface area contributed by atoms with Crippen LogP contribution in [-0.2, 0) is 5.41 Å². The second-order valence-electron chi connectivity index (χ2n) is 5.68. The molecular formula is C15H14BrNO4. The van der Waals surface area contributed by atoms with Crippen molar-refractivity contribution < 1.29 is 14.1 Å². The van der Waals surface area contributed by atoms with Gasteiger partial charge in [-0.25, -0.2) is 0 Å². The summed E-state index contributed by atoms with van der Waals surface area (Å²) in [5, 5.41) is 11.4. The SMILES string of the molecule is CC(C)(C)c1cc(Br)c(-c2ccc(C=O)o2)c([N+](=O)[O-])c1. The standard InChI is InChI=1S/C15H14BrNO4/c1-15(2,3)9-6-11(16)14(12(7-9)17(19)20)13-5-4-10(8-18)21-13/h4-8H,1-3H3. The molecule has 5 nitrogen and oxygen atoms in total. The van der Waals surface area contributed by atoms with Crippen LogP contribution in [0.3, 0.4) is 0 Å². The van der Waals surface area contributed by atoms with Crippen LogP contribution in [-0.4, -0.2) is 11.2 Å². The smallest absolute Gasteiger partial charge is 0.281 e. The van der Waals surface area contributed by atoms with Gasteiger partial charge in [0.25, 0.3) is 5.69 Å². The Labute approximate surface area is 130 Å². The van der Waals surface area contributed by atoms with Crippen molar-refractivity contribution in [2.24, 2.45) is 0 Å². The van der Waals surface area contributed by atoms with Crippen molar-refractivity contribution in [2.75, 3.05) is 0 Å². The summed E-state index contributed by atoms with van der Waals surface area (Å²) >= 11 is 3.37. The molecule has 1 aromatic carbocycles. The highest BCUT2D eigenvalue weighted by molar-refractivity contribution is 9.10. The highest BCUT2D eigenvalue weighted by Gasteiger charge is 2.26. The summed E-state index contributed by atoms with van der Waals surface area (Å²) in [6.07, 6.45) is 0.562. The van der Waals surface area contributed by atoms with Gasteiger partial charge in [0.2, 0.25) is 0 Å². The van der Waals surface area contributed by atoms with Gasteiger partial charge in [-0.15, -0.1) is 0 Å². The molecule has 2 rings (SSSR count). The Balaban J connectivity index is 2.70. The predicted molar refractivity (Wildman–Crippen MR) is 82.6 cm³/mol. The molecule has 0 N–H and O–H groups in total. The van der Waals surface area contributed by atoms with E-state index in [1.165, 1.54) is 6.07 Å². The lowest BCUT2D eigenvalue weighted by molar-refractivity contribution is -0.384. The molecule has 0 bridgehead atoms. The Morgan fingerprint density at radius 2 is 1.95 bits per heavy atom. The number of benzene rings is 1. The van der Waals surface area contributed by atoms with Crippen LogP contribution in [0.1, 0.15) is 36.9 Å². The minimum absolute atomic E-state index is 0.0545. The summed E-state index contributed by atoms with van der Waals surface area (Å²) in [6, 6.07) is 6.42. The normalized spacial score (nSPS) is 11.4. The highest BCUT2D eigenvalue weighted by atomic mass is 79.9. The van der Waals surface area contributed by atoms with Gasteiger partial charge in [-0.1, -0.05) is 20.8 Å². The van der Waals surface area contributed by atoms with Gasteiger partial charge >= 0.3 is 0 Å². The molecular weight excluding hydrogens is 338 g/mol. The highest BCUT2D eigenvalue weighted by Crippen LogP contribution is 2.40. The predicted octanol–water partition coefficient (Wildman–Crippen LogP) is 4.73. The Morgan fingerprint density at radius 3 is 2.43 bits per heavy atom. The van der Waals surface area contributed by atoms with E-state index in [1.54, 1.807) is 12.1 Å². The number of halogens is 1. The molecule has 0 fully saturated rings. The number of aldehydes is 1. The van der Waals surface area contributed by atoms with Crippen molar-refractivity contribution in [1.82, 2.24) is 0 Å². The van der Waals surface area contributed by atoms with E-state index in [0.717, 1.165) is 5.56 Å². The second-order valence-corrected chi connectivity index (χ2v) is 6.53. The number of hydrogen-bond donors (Lipinski definition) is 0. The molecule has 0 spiro atoms. The first kappa shape index (κ1) is 15.4. The van der Waals surface area contributed by atoms with Gasteiger partial charge in [-0.05, 0) is 45.1 Å². The largest absolute Gasteiger partial charge is 0.453 e. The van der Waals surface area contributed by atoms with Crippen LogP contribution in [0.25, 0.3) is 11.3 Å². The molecule has 1 heterocycles. The number of furan rings is 1. The molecule has 110 valence electrons. The fourth-order valence-corrected chi connectivity index (χ4v) is 2.61. The number of nitro benzene ring substituents is 1. The maximum atomic E-state index is 11.4. The number of carbonyl (C=O) groups is 1. The zero-order chi connectivity index (χ0) is 15.8. The van der Waals surface area contributed by atoms with Crippen molar-refractivity contribution in [3.05, 3.63) is 50.2 Å². The van der Waals surface area contributed by atoms with Crippen LogP contribution < -0.4 is 0 Å². The van der Waals surface area contributed by atoms with Gasteiger partial charge in [0.15, 0.2) is 12.0 Å². The third kappa shape index (κ3) is 3.05. The minimum atomic E-state index is -0.446.